The Morgan fingerprint density at radius 1 is 1.35 bits per heavy atom. The third-order valence-electron chi connectivity index (χ3n) is 4.58. The zero-order valence-electron chi connectivity index (χ0n) is 10.1. The minimum Gasteiger partial charge on any atom is -0.467 e. The van der Waals surface area contributed by atoms with Crippen LogP contribution in [0.3, 0.4) is 0 Å². The second-order valence-corrected chi connectivity index (χ2v) is 5.52. The smallest absolute Gasteiger partial charge is 0.226 e. The maximum absolute atomic E-state index is 12.3. The van der Waals surface area contributed by atoms with Crippen molar-refractivity contribution in [3.8, 4) is 0 Å². The van der Waals surface area contributed by atoms with Gasteiger partial charge in [-0.25, -0.2) is 0 Å². The Hall–Kier alpha value is -1.25. The first kappa shape index (κ1) is 10.9. The van der Waals surface area contributed by atoms with Gasteiger partial charge in [0.1, 0.15) is 5.76 Å². The maximum Gasteiger partial charge on any atom is 0.226 e. The van der Waals surface area contributed by atoms with Crippen LogP contribution in [0.25, 0.3) is 0 Å². The van der Waals surface area contributed by atoms with E-state index in [1.807, 2.05) is 12.1 Å². The lowest BCUT2D eigenvalue weighted by atomic mass is 9.60. The summed E-state index contributed by atoms with van der Waals surface area (Å²) in [5, 5.41) is 3.04. The Bertz CT molecular complexity index is 375. The van der Waals surface area contributed by atoms with Crippen LogP contribution in [-0.2, 0) is 11.3 Å². The van der Waals surface area contributed by atoms with Crippen LogP contribution in [0.5, 0.6) is 0 Å². The SMILES string of the molecule is O=C(NCc1ccco1)C12CCC(CC1)CC2. The Morgan fingerprint density at radius 2 is 2.06 bits per heavy atom. The minimum atomic E-state index is -0.0542. The molecule has 3 nitrogen and oxygen atoms in total. The number of carbonyl (C=O) groups is 1. The first-order valence-corrected chi connectivity index (χ1v) is 6.59. The zero-order valence-corrected chi connectivity index (χ0v) is 10.1. The number of hydrogen-bond donors (Lipinski definition) is 1. The molecule has 0 atom stereocenters. The number of nitrogens with one attached hydrogen (secondary N) is 1. The van der Waals surface area contributed by atoms with Crippen molar-refractivity contribution < 1.29 is 9.21 Å². The van der Waals surface area contributed by atoms with Crippen LogP contribution in [0.1, 0.15) is 44.3 Å². The Morgan fingerprint density at radius 3 is 2.65 bits per heavy atom. The summed E-state index contributed by atoms with van der Waals surface area (Å²) in [4.78, 5) is 12.3. The van der Waals surface area contributed by atoms with Gasteiger partial charge in [-0.1, -0.05) is 0 Å². The van der Waals surface area contributed by atoms with E-state index in [1.54, 1.807) is 6.26 Å². The van der Waals surface area contributed by atoms with Gasteiger partial charge in [0.15, 0.2) is 0 Å². The molecule has 1 heterocycles. The Kier molecular flexibility index (Phi) is 2.69. The number of hydrogen-bond acceptors (Lipinski definition) is 2. The van der Waals surface area contributed by atoms with Crippen molar-refractivity contribution in [2.45, 2.75) is 45.1 Å². The average Bonchev–Trinajstić information content (AvgIpc) is 2.91. The summed E-state index contributed by atoms with van der Waals surface area (Å²) in [7, 11) is 0. The molecule has 0 aromatic carbocycles. The van der Waals surface area contributed by atoms with Crippen molar-refractivity contribution in [3.05, 3.63) is 24.2 Å². The van der Waals surface area contributed by atoms with Crippen molar-refractivity contribution in [3.63, 3.8) is 0 Å². The van der Waals surface area contributed by atoms with Crippen LogP contribution in [0.2, 0.25) is 0 Å². The van der Waals surface area contributed by atoms with E-state index in [1.165, 1.54) is 19.3 Å². The number of amides is 1. The van der Waals surface area contributed by atoms with Gasteiger partial charge in [0.2, 0.25) is 5.91 Å². The van der Waals surface area contributed by atoms with Crippen LogP contribution in [0.15, 0.2) is 22.8 Å². The molecule has 0 unspecified atom stereocenters. The summed E-state index contributed by atoms with van der Waals surface area (Å²) >= 11 is 0. The van der Waals surface area contributed by atoms with Gasteiger partial charge in [-0.3, -0.25) is 4.79 Å². The molecular formula is C14H19NO2. The maximum atomic E-state index is 12.3. The largest absolute Gasteiger partial charge is 0.467 e. The molecule has 1 aromatic heterocycles. The zero-order chi connectivity index (χ0) is 11.7. The lowest BCUT2D eigenvalue weighted by Crippen LogP contribution is -2.46. The van der Waals surface area contributed by atoms with E-state index in [4.69, 9.17) is 4.42 Å². The Labute approximate surface area is 102 Å². The first-order valence-electron chi connectivity index (χ1n) is 6.59. The van der Waals surface area contributed by atoms with Gasteiger partial charge >= 0.3 is 0 Å². The second-order valence-electron chi connectivity index (χ2n) is 5.52. The molecule has 1 aromatic rings. The van der Waals surface area contributed by atoms with Crippen molar-refractivity contribution in [1.82, 2.24) is 5.32 Å². The van der Waals surface area contributed by atoms with Gasteiger partial charge in [0.05, 0.1) is 12.8 Å². The van der Waals surface area contributed by atoms with Gasteiger partial charge in [-0.2, -0.15) is 0 Å². The summed E-state index contributed by atoms with van der Waals surface area (Å²) in [6.45, 7) is 0.525. The molecular weight excluding hydrogens is 214 g/mol. The van der Waals surface area contributed by atoms with Crippen LogP contribution < -0.4 is 5.32 Å². The molecule has 0 spiro atoms. The van der Waals surface area contributed by atoms with Crippen molar-refractivity contribution in [1.29, 1.82) is 0 Å². The molecule has 2 bridgehead atoms. The van der Waals surface area contributed by atoms with Gasteiger partial charge in [-0.05, 0) is 56.6 Å². The molecule has 3 saturated carbocycles. The highest BCUT2D eigenvalue weighted by molar-refractivity contribution is 5.82. The van der Waals surface area contributed by atoms with Gasteiger partial charge in [0.25, 0.3) is 0 Å². The van der Waals surface area contributed by atoms with E-state index in [2.05, 4.69) is 5.32 Å². The molecule has 3 aliphatic carbocycles. The number of furan rings is 1. The van der Waals surface area contributed by atoms with Crippen LogP contribution in [0, 0.1) is 11.3 Å². The summed E-state index contributed by atoms with van der Waals surface area (Å²) in [5.41, 5.74) is -0.0542. The number of rotatable bonds is 3. The lowest BCUT2D eigenvalue weighted by Gasteiger charge is -2.45. The van der Waals surface area contributed by atoms with E-state index < -0.39 is 0 Å². The summed E-state index contributed by atoms with van der Waals surface area (Å²) in [6, 6.07) is 3.75. The fraction of sp³-hybridized carbons (Fsp3) is 0.643. The van der Waals surface area contributed by atoms with E-state index in [9.17, 15) is 4.79 Å². The predicted octanol–water partition coefficient (Wildman–Crippen LogP) is 2.87. The molecule has 17 heavy (non-hydrogen) atoms. The van der Waals surface area contributed by atoms with Gasteiger partial charge in [0, 0.05) is 5.41 Å². The van der Waals surface area contributed by atoms with Crippen LogP contribution >= 0.6 is 0 Å². The van der Waals surface area contributed by atoms with Gasteiger partial charge in [-0.15, -0.1) is 0 Å². The summed E-state index contributed by atoms with van der Waals surface area (Å²) in [6.07, 6.45) is 8.63. The average molecular weight is 233 g/mol. The Balaban J connectivity index is 1.61. The van der Waals surface area contributed by atoms with E-state index in [-0.39, 0.29) is 11.3 Å². The third-order valence-corrected chi connectivity index (χ3v) is 4.58. The number of fused-ring (bicyclic) bond motifs is 3. The van der Waals surface area contributed by atoms with Gasteiger partial charge < -0.3 is 9.73 Å². The molecule has 1 amide bonds. The fourth-order valence-electron chi connectivity index (χ4n) is 3.36. The monoisotopic (exact) mass is 233 g/mol. The standard InChI is InChI=1S/C14H19NO2/c16-13(15-10-12-2-1-9-17-12)14-6-3-11(4-7-14)5-8-14/h1-2,9,11H,3-8,10H2,(H,15,16). The first-order chi connectivity index (χ1) is 8.28. The van der Waals surface area contributed by atoms with Crippen molar-refractivity contribution in [2.75, 3.05) is 0 Å². The normalized spacial score (nSPS) is 31.4. The highest BCUT2D eigenvalue weighted by atomic mass is 16.3. The lowest BCUT2D eigenvalue weighted by molar-refractivity contribution is -0.137. The van der Waals surface area contributed by atoms with Crippen LogP contribution in [-0.4, -0.2) is 5.91 Å². The van der Waals surface area contributed by atoms with E-state index >= 15 is 0 Å². The molecule has 4 rings (SSSR count). The molecule has 3 aliphatic rings. The number of carbonyl (C=O) groups excluding carboxylic acids is 1. The summed E-state index contributed by atoms with van der Waals surface area (Å²) < 4.78 is 5.23. The quantitative estimate of drug-likeness (QED) is 0.872. The summed E-state index contributed by atoms with van der Waals surface area (Å²) in [5.74, 6) is 1.97. The van der Waals surface area contributed by atoms with E-state index in [0.29, 0.717) is 6.54 Å². The molecule has 0 saturated heterocycles. The molecule has 3 heteroatoms. The predicted molar refractivity (Wildman–Crippen MR) is 64.2 cm³/mol. The van der Waals surface area contributed by atoms with Crippen LogP contribution in [0.4, 0.5) is 0 Å². The highest BCUT2D eigenvalue weighted by Crippen LogP contribution is 2.50. The second kappa shape index (κ2) is 4.21. The molecule has 3 fully saturated rings. The highest BCUT2D eigenvalue weighted by Gasteiger charge is 2.45. The topological polar surface area (TPSA) is 42.2 Å². The third kappa shape index (κ3) is 1.99. The molecule has 92 valence electrons. The minimum absolute atomic E-state index is 0.0542. The van der Waals surface area contributed by atoms with E-state index in [0.717, 1.165) is 30.9 Å². The fourth-order valence-corrected chi connectivity index (χ4v) is 3.36. The molecule has 0 aliphatic heterocycles. The van der Waals surface area contributed by atoms with Crippen molar-refractivity contribution in [2.24, 2.45) is 11.3 Å². The van der Waals surface area contributed by atoms with Crippen molar-refractivity contribution >= 4 is 5.91 Å². The molecule has 1 N–H and O–H groups in total. The molecule has 0 radical (unpaired) electrons.